The molecule has 0 aliphatic heterocycles. The highest BCUT2D eigenvalue weighted by Gasteiger charge is 2.23. The lowest BCUT2D eigenvalue weighted by molar-refractivity contribution is -0.119. The zero-order valence-electron chi connectivity index (χ0n) is 9.53. The Morgan fingerprint density at radius 2 is 2.00 bits per heavy atom. The Balaban J connectivity index is 2.05. The normalized spacial score (nSPS) is 16.1. The fraction of sp³-hybridized carbons (Fsp3) is 0.462. The van der Waals surface area contributed by atoms with Crippen molar-refractivity contribution in [3.63, 3.8) is 0 Å². The SMILES string of the molecule is COc1ccccc1NC(=O)C1CCCC1. The summed E-state index contributed by atoms with van der Waals surface area (Å²) in [5, 5.41) is 2.94. The Morgan fingerprint density at radius 1 is 1.31 bits per heavy atom. The van der Waals surface area contributed by atoms with Gasteiger partial charge in [0.15, 0.2) is 0 Å². The molecule has 1 N–H and O–H groups in total. The summed E-state index contributed by atoms with van der Waals surface area (Å²) in [4.78, 5) is 11.9. The maximum Gasteiger partial charge on any atom is 0.227 e. The summed E-state index contributed by atoms with van der Waals surface area (Å²) in [6.07, 6.45) is 4.37. The maximum atomic E-state index is 11.9. The average molecular weight is 219 g/mol. The van der Waals surface area contributed by atoms with Gasteiger partial charge in [-0.3, -0.25) is 4.79 Å². The first-order valence-corrected chi connectivity index (χ1v) is 5.75. The summed E-state index contributed by atoms with van der Waals surface area (Å²) in [6.45, 7) is 0. The maximum absolute atomic E-state index is 11.9. The zero-order chi connectivity index (χ0) is 11.4. The molecule has 1 aromatic carbocycles. The Hall–Kier alpha value is -1.51. The number of rotatable bonds is 3. The molecule has 16 heavy (non-hydrogen) atoms. The van der Waals surface area contributed by atoms with Crippen LogP contribution in [0.15, 0.2) is 24.3 Å². The third-order valence-corrected chi connectivity index (χ3v) is 3.09. The van der Waals surface area contributed by atoms with Crippen LogP contribution in [0.5, 0.6) is 5.75 Å². The summed E-state index contributed by atoms with van der Waals surface area (Å²) in [5.41, 5.74) is 0.766. The molecule has 1 aliphatic rings. The molecule has 0 bridgehead atoms. The van der Waals surface area contributed by atoms with Gasteiger partial charge in [0, 0.05) is 5.92 Å². The van der Waals surface area contributed by atoms with Crippen LogP contribution in [0.3, 0.4) is 0 Å². The number of hydrogen-bond donors (Lipinski definition) is 1. The number of ether oxygens (including phenoxy) is 1. The number of carbonyl (C=O) groups is 1. The van der Waals surface area contributed by atoms with E-state index in [0.29, 0.717) is 5.75 Å². The molecule has 3 heteroatoms. The molecule has 86 valence electrons. The van der Waals surface area contributed by atoms with Crippen LogP contribution in [0, 0.1) is 5.92 Å². The lowest BCUT2D eigenvalue weighted by atomic mass is 10.1. The number of carbonyl (C=O) groups excluding carboxylic acids is 1. The molecular weight excluding hydrogens is 202 g/mol. The van der Waals surface area contributed by atoms with Crippen LogP contribution < -0.4 is 10.1 Å². The molecule has 0 spiro atoms. The summed E-state index contributed by atoms with van der Waals surface area (Å²) in [7, 11) is 1.61. The lowest BCUT2D eigenvalue weighted by Gasteiger charge is -2.12. The topological polar surface area (TPSA) is 38.3 Å². The number of para-hydroxylation sites is 2. The largest absolute Gasteiger partial charge is 0.495 e. The Kier molecular flexibility index (Phi) is 3.44. The third kappa shape index (κ3) is 2.35. The van der Waals surface area contributed by atoms with Crippen LogP contribution in [0.2, 0.25) is 0 Å². The highest BCUT2D eigenvalue weighted by Crippen LogP contribution is 2.28. The fourth-order valence-electron chi connectivity index (χ4n) is 2.17. The molecule has 0 atom stereocenters. The first-order chi connectivity index (χ1) is 7.81. The molecule has 0 aromatic heterocycles. The second kappa shape index (κ2) is 5.01. The minimum absolute atomic E-state index is 0.127. The van der Waals surface area contributed by atoms with Crippen LogP contribution in [-0.4, -0.2) is 13.0 Å². The van der Waals surface area contributed by atoms with Crippen LogP contribution in [0.1, 0.15) is 25.7 Å². The second-order valence-electron chi connectivity index (χ2n) is 4.17. The van der Waals surface area contributed by atoms with E-state index in [-0.39, 0.29) is 11.8 Å². The Bertz CT molecular complexity index is 370. The predicted molar refractivity (Wildman–Crippen MR) is 63.6 cm³/mol. The zero-order valence-corrected chi connectivity index (χ0v) is 9.53. The summed E-state index contributed by atoms with van der Waals surface area (Å²) in [6, 6.07) is 7.51. The van der Waals surface area contributed by atoms with Gasteiger partial charge < -0.3 is 10.1 Å². The molecule has 1 amide bonds. The van der Waals surface area contributed by atoms with Crippen LogP contribution in [0.4, 0.5) is 5.69 Å². The van der Waals surface area contributed by atoms with Crippen molar-refractivity contribution in [3.05, 3.63) is 24.3 Å². The minimum atomic E-state index is 0.127. The smallest absolute Gasteiger partial charge is 0.227 e. The molecule has 3 nitrogen and oxygen atoms in total. The van der Waals surface area contributed by atoms with Gasteiger partial charge in [-0.15, -0.1) is 0 Å². The molecule has 1 aliphatic carbocycles. The quantitative estimate of drug-likeness (QED) is 0.848. The minimum Gasteiger partial charge on any atom is -0.495 e. The van der Waals surface area contributed by atoms with E-state index in [1.165, 1.54) is 12.8 Å². The van der Waals surface area contributed by atoms with Gasteiger partial charge in [-0.1, -0.05) is 25.0 Å². The van der Waals surface area contributed by atoms with Gasteiger partial charge in [-0.05, 0) is 25.0 Å². The van der Waals surface area contributed by atoms with E-state index in [1.807, 2.05) is 24.3 Å². The van der Waals surface area contributed by atoms with E-state index in [0.717, 1.165) is 18.5 Å². The predicted octanol–water partition coefficient (Wildman–Crippen LogP) is 2.82. The highest BCUT2D eigenvalue weighted by molar-refractivity contribution is 5.94. The van der Waals surface area contributed by atoms with Crippen molar-refractivity contribution < 1.29 is 9.53 Å². The van der Waals surface area contributed by atoms with E-state index in [1.54, 1.807) is 7.11 Å². The number of benzene rings is 1. The average Bonchev–Trinajstić information content (AvgIpc) is 2.83. The summed E-state index contributed by atoms with van der Waals surface area (Å²) < 4.78 is 5.19. The van der Waals surface area contributed by atoms with Crippen molar-refractivity contribution in [2.24, 2.45) is 5.92 Å². The van der Waals surface area contributed by atoms with Crippen molar-refractivity contribution in [2.75, 3.05) is 12.4 Å². The van der Waals surface area contributed by atoms with E-state index in [9.17, 15) is 4.79 Å². The van der Waals surface area contributed by atoms with Crippen molar-refractivity contribution in [1.29, 1.82) is 0 Å². The summed E-state index contributed by atoms with van der Waals surface area (Å²) >= 11 is 0. The van der Waals surface area contributed by atoms with Crippen molar-refractivity contribution in [2.45, 2.75) is 25.7 Å². The first kappa shape index (κ1) is 11.0. The third-order valence-electron chi connectivity index (χ3n) is 3.09. The van der Waals surface area contributed by atoms with Gasteiger partial charge in [0.1, 0.15) is 5.75 Å². The molecule has 0 radical (unpaired) electrons. The molecule has 1 saturated carbocycles. The van der Waals surface area contributed by atoms with Crippen LogP contribution in [0.25, 0.3) is 0 Å². The number of hydrogen-bond acceptors (Lipinski definition) is 2. The molecule has 2 rings (SSSR count). The monoisotopic (exact) mass is 219 g/mol. The van der Waals surface area contributed by atoms with E-state index in [2.05, 4.69) is 5.32 Å². The fourth-order valence-corrected chi connectivity index (χ4v) is 2.17. The molecule has 0 heterocycles. The highest BCUT2D eigenvalue weighted by atomic mass is 16.5. The second-order valence-corrected chi connectivity index (χ2v) is 4.17. The number of methoxy groups -OCH3 is 1. The lowest BCUT2D eigenvalue weighted by Crippen LogP contribution is -2.20. The van der Waals surface area contributed by atoms with Gasteiger partial charge >= 0.3 is 0 Å². The van der Waals surface area contributed by atoms with Crippen molar-refractivity contribution in [3.8, 4) is 5.75 Å². The van der Waals surface area contributed by atoms with E-state index in [4.69, 9.17) is 4.74 Å². The van der Waals surface area contributed by atoms with Gasteiger partial charge in [-0.25, -0.2) is 0 Å². The first-order valence-electron chi connectivity index (χ1n) is 5.75. The van der Waals surface area contributed by atoms with Gasteiger partial charge in [0.05, 0.1) is 12.8 Å². The number of amides is 1. The van der Waals surface area contributed by atoms with E-state index >= 15 is 0 Å². The van der Waals surface area contributed by atoms with Crippen molar-refractivity contribution in [1.82, 2.24) is 0 Å². The standard InChI is InChI=1S/C13H17NO2/c1-16-12-9-5-4-8-11(12)14-13(15)10-6-2-3-7-10/h4-5,8-10H,2-3,6-7H2,1H3,(H,14,15). The van der Waals surface area contributed by atoms with E-state index < -0.39 is 0 Å². The van der Waals surface area contributed by atoms with Gasteiger partial charge in [0.2, 0.25) is 5.91 Å². The Morgan fingerprint density at radius 3 is 2.69 bits per heavy atom. The number of nitrogens with one attached hydrogen (secondary N) is 1. The molecule has 0 unspecified atom stereocenters. The Labute approximate surface area is 95.8 Å². The molecule has 0 saturated heterocycles. The van der Waals surface area contributed by atoms with Crippen molar-refractivity contribution >= 4 is 11.6 Å². The van der Waals surface area contributed by atoms with Crippen LogP contribution >= 0.6 is 0 Å². The van der Waals surface area contributed by atoms with Gasteiger partial charge in [0.25, 0.3) is 0 Å². The molecule has 1 aromatic rings. The summed E-state index contributed by atoms with van der Waals surface area (Å²) in [5.74, 6) is 1.03. The molecular formula is C13H17NO2. The molecule has 1 fully saturated rings. The van der Waals surface area contributed by atoms with Gasteiger partial charge in [-0.2, -0.15) is 0 Å². The van der Waals surface area contributed by atoms with Crippen LogP contribution in [-0.2, 0) is 4.79 Å². The number of anilines is 1.